The fourth-order valence-corrected chi connectivity index (χ4v) is 3.07. The van der Waals surface area contributed by atoms with E-state index in [0.717, 1.165) is 26.1 Å². The van der Waals surface area contributed by atoms with E-state index in [1.807, 2.05) is 0 Å². The van der Waals surface area contributed by atoms with Crippen molar-refractivity contribution in [3.8, 4) is 0 Å². The van der Waals surface area contributed by atoms with Gasteiger partial charge in [0.05, 0.1) is 25.4 Å². The topological polar surface area (TPSA) is 18.5 Å². The molecule has 0 radical (unpaired) electrons. The molecule has 2 aliphatic rings. The predicted octanol–water partition coefficient (Wildman–Crippen LogP) is 5.28. The summed E-state index contributed by atoms with van der Waals surface area (Å²) in [7, 11) is 0. The van der Waals surface area contributed by atoms with Gasteiger partial charge in [-0.15, -0.1) is 0 Å². The van der Waals surface area contributed by atoms with Crippen molar-refractivity contribution in [1.82, 2.24) is 0 Å². The zero-order valence-electron chi connectivity index (χ0n) is 14.1. The second kappa shape index (κ2) is 6.39. The zero-order valence-corrected chi connectivity index (χ0v) is 14.1. The zero-order chi connectivity index (χ0) is 15.7. The van der Waals surface area contributed by atoms with Crippen molar-refractivity contribution in [1.29, 1.82) is 0 Å². The first kappa shape index (κ1) is 15.5. The molecule has 0 fully saturated rings. The fraction of sp³-hybridized carbons (Fsp3) is 0.500. The molecule has 118 valence electrons. The number of hydrogen-bond acceptors (Lipinski definition) is 2. The van der Waals surface area contributed by atoms with Gasteiger partial charge in [-0.2, -0.15) is 0 Å². The maximum absolute atomic E-state index is 5.97. The van der Waals surface area contributed by atoms with Gasteiger partial charge in [0, 0.05) is 0 Å². The summed E-state index contributed by atoms with van der Waals surface area (Å²) in [5, 5.41) is 0. The highest BCUT2D eigenvalue weighted by Crippen LogP contribution is 2.34. The summed E-state index contributed by atoms with van der Waals surface area (Å²) in [6.07, 6.45) is 2.42. The average molecular weight is 298 g/mol. The summed E-state index contributed by atoms with van der Waals surface area (Å²) in [5.41, 5.74) is 8.23. The normalized spacial score (nSPS) is 26.5. The average Bonchev–Trinajstić information content (AvgIpc) is 2.53. The second-order valence-corrected chi connectivity index (χ2v) is 6.80. The quantitative estimate of drug-likeness (QED) is 0.691. The Hall–Kier alpha value is -1.38. The van der Waals surface area contributed by atoms with Crippen LogP contribution in [0.25, 0.3) is 0 Å². The number of benzene rings is 1. The third-order valence-electron chi connectivity index (χ3n) is 5.12. The van der Waals surface area contributed by atoms with Crippen LogP contribution in [-0.4, -0.2) is 13.2 Å². The molecule has 0 spiro atoms. The molecule has 0 aliphatic carbocycles. The molecule has 2 aliphatic heterocycles. The van der Waals surface area contributed by atoms with Crippen LogP contribution in [0.4, 0.5) is 0 Å². The minimum atomic E-state index is 0.203. The lowest BCUT2D eigenvalue weighted by atomic mass is 9.93. The maximum atomic E-state index is 5.97. The van der Waals surface area contributed by atoms with E-state index in [1.54, 1.807) is 0 Å². The lowest BCUT2D eigenvalue weighted by Crippen LogP contribution is -2.15. The highest BCUT2D eigenvalue weighted by molar-refractivity contribution is 5.30. The predicted molar refractivity (Wildman–Crippen MR) is 89.8 cm³/mol. The molecule has 3 rings (SSSR count). The Kier molecular flexibility index (Phi) is 4.51. The van der Waals surface area contributed by atoms with Gasteiger partial charge in [0.15, 0.2) is 0 Å². The van der Waals surface area contributed by atoms with E-state index in [1.165, 1.54) is 33.4 Å². The van der Waals surface area contributed by atoms with Crippen molar-refractivity contribution in [3.63, 3.8) is 0 Å². The summed E-state index contributed by atoms with van der Waals surface area (Å²) in [6, 6.07) is 8.82. The van der Waals surface area contributed by atoms with E-state index in [9.17, 15) is 0 Å². The van der Waals surface area contributed by atoms with Crippen molar-refractivity contribution in [2.24, 2.45) is 0 Å². The SMILES string of the molecule is CC1=C(C)CC(c2ccc(C3CC(C)=C(C)CO3)cc2)OC1. The van der Waals surface area contributed by atoms with Gasteiger partial charge in [-0.05, 0) is 62.8 Å². The van der Waals surface area contributed by atoms with Gasteiger partial charge >= 0.3 is 0 Å². The fourth-order valence-electron chi connectivity index (χ4n) is 3.07. The van der Waals surface area contributed by atoms with E-state index < -0.39 is 0 Å². The largest absolute Gasteiger partial charge is 0.369 e. The molecule has 1 aromatic rings. The van der Waals surface area contributed by atoms with Crippen LogP contribution in [0.3, 0.4) is 0 Å². The van der Waals surface area contributed by atoms with Crippen molar-refractivity contribution < 1.29 is 9.47 Å². The van der Waals surface area contributed by atoms with Crippen molar-refractivity contribution >= 4 is 0 Å². The Balaban J connectivity index is 1.71. The Labute approximate surface area is 133 Å². The molecule has 0 bridgehead atoms. The van der Waals surface area contributed by atoms with Crippen LogP contribution in [0.1, 0.15) is 63.9 Å². The van der Waals surface area contributed by atoms with E-state index in [0.29, 0.717) is 0 Å². The number of hydrogen-bond donors (Lipinski definition) is 0. The van der Waals surface area contributed by atoms with Gasteiger partial charge in [-0.25, -0.2) is 0 Å². The molecular formula is C20H26O2. The molecule has 0 saturated heterocycles. The summed E-state index contributed by atoms with van der Waals surface area (Å²) >= 11 is 0. The highest BCUT2D eigenvalue weighted by Gasteiger charge is 2.21. The molecule has 0 aromatic heterocycles. The van der Waals surface area contributed by atoms with E-state index in [-0.39, 0.29) is 12.2 Å². The molecule has 0 saturated carbocycles. The first-order valence-electron chi connectivity index (χ1n) is 8.18. The second-order valence-electron chi connectivity index (χ2n) is 6.80. The van der Waals surface area contributed by atoms with Crippen LogP contribution in [0, 0.1) is 0 Å². The smallest absolute Gasteiger partial charge is 0.0866 e. The van der Waals surface area contributed by atoms with E-state index in [4.69, 9.17) is 9.47 Å². The summed E-state index contributed by atoms with van der Waals surface area (Å²) in [4.78, 5) is 0. The first-order valence-corrected chi connectivity index (χ1v) is 8.18. The molecule has 0 amide bonds. The number of rotatable bonds is 2. The van der Waals surface area contributed by atoms with Gasteiger partial charge in [-0.3, -0.25) is 0 Å². The standard InChI is InChI=1S/C20H26O2/c1-13-9-19(21-11-15(13)3)17-5-7-18(8-6-17)20-10-14(2)16(4)12-22-20/h5-8,19-20H,9-12H2,1-4H3. The van der Waals surface area contributed by atoms with Gasteiger partial charge < -0.3 is 9.47 Å². The third kappa shape index (κ3) is 3.18. The lowest BCUT2D eigenvalue weighted by molar-refractivity contribution is 0.0554. The summed E-state index contributed by atoms with van der Waals surface area (Å²) in [5.74, 6) is 0. The van der Waals surface area contributed by atoms with Crippen LogP contribution in [-0.2, 0) is 9.47 Å². The minimum absolute atomic E-state index is 0.203. The molecule has 2 unspecified atom stereocenters. The lowest BCUT2D eigenvalue weighted by Gasteiger charge is -2.27. The maximum Gasteiger partial charge on any atom is 0.0866 e. The Morgan fingerprint density at radius 2 is 1.00 bits per heavy atom. The van der Waals surface area contributed by atoms with Crippen LogP contribution in [0.15, 0.2) is 46.6 Å². The third-order valence-corrected chi connectivity index (χ3v) is 5.12. The van der Waals surface area contributed by atoms with Crippen molar-refractivity contribution in [2.75, 3.05) is 13.2 Å². The van der Waals surface area contributed by atoms with E-state index in [2.05, 4.69) is 52.0 Å². The molecule has 2 heterocycles. The summed E-state index contributed by atoms with van der Waals surface area (Å²) in [6.45, 7) is 10.3. The van der Waals surface area contributed by atoms with Crippen LogP contribution in [0.5, 0.6) is 0 Å². The van der Waals surface area contributed by atoms with Gasteiger partial charge in [0.2, 0.25) is 0 Å². The molecule has 2 nitrogen and oxygen atoms in total. The Morgan fingerprint density at radius 1 is 0.636 bits per heavy atom. The molecule has 2 atom stereocenters. The Bertz CT molecular complexity index is 552. The van der Waals surface area contributed by atoms with Crippen LogP contribution < -0.4 is 0 Å². The van der Waals surface area contributed by atoms with Gasteiger partial charge in [0.1, 0.15) is 0 Å². The van der Waals surface area contributed by atoms with Crippen molar-refractivity contribution in [3.05, 3.63) is 57.7 Å². The molecule has 22 heavy (non-hydrogen) atoms. The molecular weight excluding hydrogens is 272 g/mol. The van der Waals surface area contributed by atoms with Crippen LogP contribution in [0.2, 0.25) is 0 Å². The monoisotopic (exact) mass is 298 g/mol. The molecule has 2 heteroatoms. The minimum Gasteiger partial charge on any atom is -0.369 e. The highest BCUT2D eigenvalue weighted by atomic mass is 16.5. The van der Waals surface area contributed by atoms with Crippen molar-refractivity contribution in [2.45, 2.75) is 52.7 Å². The van der Waals surface area contributed by atoms with E-state index >= 15 is 0 Å². The molecule has 1 aromatic carbocycles. The van der Waals surface area contributed by atoms with Gasteiger partial charge in [0.25, 0.3) is 0 Å². The number of ether oxygens (including phenoxy) is 2. The molecule has 0 N–H and O–H groups in total. The first-order chi connectivity index (χ1) is 10.5. The summed E-state index contributed by atoms with van der Waals surface area (Å²) < 4.78 is 11.9. The van der Waals surface area contributed by atoms with Crippen LogP contribution >= 0.6 is 0 Å². The Morgan fingerprint density at radius 3 is 1.32 bits per heavy atom. The van der Waals surface area contributed by atoms with Gasteiger partial charge in [-0.1, -0.05) is 35.4 Å².